The first-order chi connectivity index (χ1) is 16.1. The Morgan fingerprint density at radius 2 is 1.55 bits per heavy atom. The average Bonchev–Trinajstić information content (AvgIpc) is 3.17. The van der Waals surface area contributed by atoms with E-state index in [2.05, 4.69) is 39.5 Å². The molecule has 4 heterocycles. The number of nitrogens with zero attached hydrogens (tertiary/aromatic N) is 3. The second kappa shape index (κ2) is 7.60. The van der Waals surface area contributed by atoms with E-state index in [-0.39, 0.29) is 18.6 Å². The molecule has 1 N–H and O–H groups in total. The van der Waals surface area contributed by atoms with Crippen molar-refractivity contribution in [3.05, 3.63) is 83.9 Å². The zero-order chi connectivity index (χ0) is 22.4. The van der Waals surface area contributed by atoms with Gasteiger partial charge < -0.3 is 14.8 Å². The Kier molecular flexibility index (Phi) is 4.55. The highest BCUT2D eigenvalue weighted by atomic mass is 16.6. The molecule has 1 aromatic heterocycles. The van der Waals surface area contributed by atoms with Crippen molar-refractivity contribution >= 4 is 23.6 Å². The summed E-state index contributed by atoms with van der Waals surface area (Å²) < 4.78 is 11.2. The maximum atomic E-state index is 12.8. The van der Waals surface area contributed by atoms with Gasteiger partial charge in [-0.05, 0) is 23.3 Å². The summed E-state index contributed by atoms with van der Waals surface area (Å²) in [4.78, 5) is 32.7. The molecule has 8 heteroatoms. The summed E-state index contributed by atoms with van der Waals surface area (Å²) in [6.07, 6.45) is -0.430. The first kappa shape index (κ1) is 19.8. The first-order valence-corrected chi connectivity index (χ1v) is 10.9. The maximum absolute atomic E-state index is 12.8. The first-order valence-electron chi connectivity index (χ1n) is 10.9. The van der Waals surface area contributed by atoms with Crippen LogP contribution in [-0.4, -0.2) is 53.7 Å². The molecule has 166 valence electrons. The molecular formula is C25H22N4O4. The van der Waals surface area contributed by atoms with E-state index in [1.165, 1.54) is 16.0 Å². The topological polar surface area (TPSA) is 84.0 Å². The van der Waals surface area contributed by atoms with E-state index >= 15 is 0 Å². The zero-order valence-electron chi connectivity index (χ0n) is 17.8. The fourth-order valence-electron chi connectivity index (χ4n) is 4.83. The lowest BCUT2D eigenvalue weighted by molar-refractivity contribution is -0.118. The van der Waals surface area contributed by atoms with Gasteiger partial charge in [0.25, 0.3) is 5.91 Å². The molecule has 0 unspecified atom stereocenters. The molecule has 2 saturated heterocycles. The lowest BCUT2D eigenvalue weighted by atomic mass is 9.87. The molecule has 6 rings (SSSR count). The summed E-state index contributed by atoms with van der Waals surface area (Å²) in [5.41, 5.74) is 1.81. The minimum absolute atomic E-state index is 0.0390. The molecule has 33 heavy (non-hydrogen) atoms. The molecule has 0 bridgehead atoms. The molecule has 0 atom stereocenters. The minimum atomic E-state index is -0.587. The number of aromatic nitrogens is 1. The van der Waals surface area contributed by atoms with Crippen LogP contribution in [0, 0.1) is 0 Å². The highest BCUT2D eigenvalue weighted by Gasteiger charge is 2.56. The van der Waals surface area contributed by atoms with E-state index in [1.807, 2.05) is 36.4 Å². The number of hydrogen-bond donors (Lipinski definition) is 1. The molecule has 2 aromatic carbocycles. The fourth-order valence-corrected chi connectivity index (χ4v) is 4.83. The number of amides is 2. The Labute approximate surface area is 190 Å². The number of rotatable bonds is 4. The van der Waals surface area contributed by atoms with Crippen LogP contribution >= 0.6 is 0 Å². The maximum Gasteiger partial charge on any atom is 0.416 e. The van der Waals surface area contributed by atoms with Crippen LogP contribution in [0.3, 0.4) is 0 Å². The Morgan fingerprint density at radius 1 is 0.879 bits per heavy atom. The largest absolute Gasteiger partial charge is 0.480 e. The summed E-state index contributed by atoms with van der Waals surface area (Å²) in [5.74, 6) is 0.975. The van der Waals surface area contributed by atoms with Crippen LogP contribution in [0.15, 0.2) is 72.8 Å². The zero-order valence-corrected chi connectivity index (χ0v) is 17.8. The standard InChI is InChI=1S/C25H22N4O4/c30-21-13-32-19-11-12-20(26-23(19)27-21)29-16-25(33-24(29)31)14-28(15-25)22(17-7-3-1-4-8-17)18-9-5-2-6-10-18/h1-12,22H,13-16H2,(H,26,27,30). The Bertz CT molecular complexity index is 1170. The quantitative estimate of drug-likeness (QED) is 0.668. The number of hydrogen-bond acceptors (Lipinski definition) is 6. The molecule has 2 fully saturated rings. The van der Waals surface area contributed by atoms with Gasteiger partial charge >= 0.3 is 6.09 Å². The molecule has 2 amide bonds. The summed E-state index contributed by atoms with van der Waals surface area (Å²) in [6.45, 7) is 1.60. The van der Waals surface area contributed by atoms with Crippen LogP contribution < -0.4 is 15.0 Å². The van der Waals surface area contributed by atoms with Gasteiger partial charge in [0.1, 0.15) is 5.82 Å². The van der Waals surface area contributed by atoms with Gasteiger partial charge in [0.05, 0.1) is 12.6 Å². The third-order valence-electron chi connectivity index (χ3n) is 6.29. The van der Waals surface area contributed by atoms with E-state index in [0.29, 0.717) is 37.0 Å². The SMILES string of the molecule is O=C1COc2ccc(N3CC4(CN(C(c5ccccc5)c5ccccc5)C4)OC3=O)nc2N1. The highest BCUT2D eigenvalue weighted by molar-refractivity contribution is 5.95. The normalized spacial score (nSPS) is 19.0. The van der Waals surface area contributed by atoms with Crippen molar-refractivity contribution in [2.45, 2.75) is 11.6 Å². The molecule has 1 spiro atoms. The number of likely N-dealkylation sites (tertiary alicyclic amines) is 1. The predicted octanol–water partition coefficient (Wildman–Crippen LogP) is 3.21. The van der Waals surface area contributed by atoms with E-state index in [1.54, 1.807) is 12.1 Å². The fraction of sp³-hybridized carbons (Fsp3) is 0.240. The third kappa shape index (κ3) is 3.48. The van der Waals surface area contributed by atoms with Gasteiger partial charge in [0.15, 0.2) is 23.8 Å². The van der Waals surface area contributed by atoms with E-state index in [4.69, 9.17) is 9.47 Å². The van der Waals surface area contributed by atoms with E-state index in [0.717, 1.165) is 0 Å². The number of carbonyl (C=O) groups excluding carboxylic acids is 2. The number of fused-ring (bicyclic) bond motifs is 1. The van der Waals surface area contributed by atoms with Gasteiger partial charge in [-0.2, -0.15) is 0 Å². The Balaban J connectivity index is 1.22. The molecule has 0 radical (unpaired) electrons. The highest BCUT2D eigenvalue weighted by Crippen LogP contribution is 2.41. The van der Waals surface area contributed by atoms with Crippen LogP contribution in [0.25, 0.3) is 0 Å². The van der Waals surface area contributed by atoms with Crippen molar-refractivity contribution < 1.29 is 19.1 Å². The number of ether oxygens (including phenoxy) is 2. The second-order valence-electron chi connectivity index (χ2n) is 8.62. The van der Waals surface area contributed by atoms with E-state index in [9.17, 15) is 9.59 Å². The number of carbonyl (C=O) groups is 2. The predicted molar refractivity (Wildman–Crippen MR) is 121 cm³/mol. The van der Waals surface area contributed by atoms with Crippen LogP contribution in [0.4, 0.5) is 16.4 Å². The van der Waals surface area contributed by atoms with Gasteiger partial charge in [-0.1, -0.05) is 60.7 Å². The van der Waals surface area contributed by atoms with Crippen molar-refractivity contribution in [3.8, 4) is 5.75 Å². The van der Waals surface area contributed by atoms with Gasteiger partial charge in [0.2, 0.25) is 0 Å². The lowest BCUT2D eigenvalue weighted by Crippen LogP contribution is -2.64. The van der Waals surface area contributed by atoms with Gasteiger partial charge in [-0.3, -0.25) is 14.6 Å². The smallest absolute Gasteiger partial charge is 0.416 e. The summed E-state index contributed by atoms with van der Waals surface area (Å²) >= 11 is 0. The van der Waals surface area contributed by atoms with Gasteiger partial charge in [-0.15, -0.1) is 0 Å². The van der Waals surface area contributed by atoms with Crippen molar-refractivity contribution in [1.29, 1.82) is 0 Å². The summed E-state index contributed by atoms with van der Waals surface area (Å²) in [6, 6.07) is 24.2. The second-order valence-corrected chi connectivity index (χ2v) is 8.62. The number of benzene rings is 2. The lowest BCUT2D eigenvalue weighted by Gasteiger charge is -2.49. The minimum Gasteiger partial charge on any atom is -0.480 e. The van der Waals surface area contributed by atoms with Crippen LogP contribution in [0.1, 0.15) is 17.2 Å². The van der Waals surface area contributed by atoms with Crippen LogP contribution in [0.2, 0.25) is 0 Å². The van der Waals surface area contributed by atoms with Crippen molar-refractivity contribution in [1.82, 2.24) is 9.88 Å². The van der Waals surface area contributed by atoms with E-state index < -0.39 is 11.7 Å². The number of pyridine rings is 1. The van der Waals surface area contributed by atoms with Crippen LogP contribution in [0.5, 0.6) is 5.75 Å². The molecular weight excluding hydrogens is 420 g/mol. The summed E-state index contributed by atoms with van der Waals surface area (Å²) in [5, 5.41) is 2.68. The van der Waals surface area contributed by atoms with Crippen molar-refractivity contribution in [2.75, 3.05) is 36.5 Å². The molecule has 3 aliphatic heterocycles. The van der Waals surface area contributed by atoms with Crippen molar-refractivity contribution in [2.24, 2.45) is 0 Å². The number of anilines is 2. The Hall–Kier alpha value is -3.91. The molecule has 3 aliphatic rings. The average molecular weight is 442 g/mol. The van der Waals surface area contributed by atoms with Crippen molar-refractivity contribution in [3.63, 3.8) is 0 Å². The van der Waals surface area contributed by atoms with Gasteiger partial charge in [0, 0.05) is 13.1 Å². The molecule has 3 aromatic rings. The molecule has 0 saturated carbocycles. The van der Waals surface area contributed by atoms with Crippen LogP contribution in [-0.2, 0) is 9.53 Å². The third-order valence-corrected chi connectivity index (χ3v) is 6.29. The Morgan fingerprint density at radius 3 is 2.21 bits per heavy atom. The molecule has 8 nitrogen and oxygen atoms in total. The monoisotopic (exact) mass is 442 g/mol. The number of nitrogens with one attached hydrogen (secondary N) is 1. The molecule has 0 aliphatic carbocycles. The van der Waals surface area contributed by atoms with Gasteiger partial charge in [-0.25, -0.2) is 9.78 Å². The summed E-state index contributed by atoms with van der Waals surface area (Å²) in [7, 11) is 0.